The molecular formula is C3HF7NO2S. The van der Waals surface area contributed by atoms with E-state index in [-0.39, 0.29) is 0 Å². The van der Waals surface area contributed by atoms with Gasteiger partial charge >= 0.3 is 27.6 Å². The molecule has 0 aromatic heterocycles. The van der Waals surface area contributed by atoms with Gasteiger partial charge in [-0.05, 0) is 0 Å². The minimum atomic E-state index is -6.61. The van der Waals surface area contributed by atoms with Crippen molar-refractivity contribution in [3.8, 4) is 0 Å². The van der Waals surface area contributed by atoms with Gasteiger partial charge in [0, 0.05) is 0 Å². The van der Waals surface area contributed by atoms with Crippen LogP contribution in [-0.2, 0) is 10.0 Å². The first-order valence-corrected chi connectivity index (χ1v) is 4.06. The van der Waals surface area contributed by atoms with Crippen molar-refractivity contribution in [2.24, 2.45) is 0 Å². The number of sulfonamides is 1. The van der Waals surface area contributed by atoms with Crippen LogP contribution in [0.15, 0.2) is 0 Å². The second kappa shape index (κ2) is 3.53. The topological polar surface area (TPSA) is 48.2 Å². The van der Waals surface area contributed by atoms with Crippen molar-refractivity contribution in [3.63, 3.8) is 0 Å². The van der Waals surface area contributed by atoms with E-state index in [4.69, 9.17) is 0 Å². The summed E-state index contributed by atoms with van der Waals surface area (Å²) in [6.45, 7) is 0. The largest absolute Gasteiger partial charge is 0.430 e. The monoisotopic (exact) mass is 248 g/mol. The molecular weight excluding hydrogens is 247 g/mol. The number of rotatable bonds is 4. The third-order valence-corrected chi connectivity index (χ3v) is 2.18. The Kier molecular flexibility index (Phi) is 3.38. The minimum absolute atomic E-state index is 0.450. The van der Waals surface area contributed by atoms with E-state index in [1.54, 1.807) is 0 Å². The molecule has 0 heterocycles. The van der Waals surface area contributed by atoms with E-state index in [9.17, 15) is 39.2 Å². The number of hydrogen-bond acceptors (Lipinski definition) is 2. The quantitative estimate of drug-likeness (QED) is 0.704. The number of hydrogen-bond donors (Lipinski definition) is 0. The van der Waals surface area contributed by atoms with Gasteiger partial charge < -0.3 is 0 Å². The maximum Gasteiger partial charge on any atom is 0.430 e. The predicted octanol–water partition coefficient (Wildman–Crippen LogP) is 1.30. The van der Waals surface area contributed by atoms with Gasteiger partial charge in [0.2, 0.25) is 0 Å². The lowest BCUT2D eigenvalue weighted by Gasteiger charge is -2.22. The second-order valence-corrected chi connectivity index (χ2v) is 3.59. The third kappa shape index (κ3) is 1.78. The van der Waals surface area contributed by atoms with Crippen LogP contribution in [0.4, 0.5) is 30.8 Å². The molecule has 0 aromatic rings. The molecule has 3 nitrogen and oxygen atoms in total. The third-order valence-electron chi connectivity index (χ3n) is 1.08. The van der Waals surface area contributed by atoms with E-state index in [2.05, 4.69) is 0 Å². The average molecular weight is 248 g/mol. The predicted molar refractivity (Wildman–Crippen MR) is 28.1 cm³/mol. The average Bonchev–Trinajstić information content (AvgIpc) is 2.03. The molecule has 0 saturated heterocycles. The summed E-state index contributed by atoms with van der Waals surface area (Å²) in [5.41, 5.74) is 0. The Morgan fingerprint density at radius 3 is 1.64 bits per heavy atom. The summed E-state index contributed by atoms with van der Waals surface area (Å²) in [6, 6.07) is 0. The molecule has 0 rings (SSSR count). The molecule has 0 aliphatic rings. The molecule has 0 aromatic carbocycles. The van der Waals surface area contributed by atoms with Gasteiger partial charge in [0.1, 0.15) is 0 Å². The van der Waals surface area contributed by atoms with E-state index < -0.39 is 27.6 Å². The van der Waals surface area contributed by atoms with Crippen molar-refractivity contribution in [1.82, 2.24) is 4.94 Å². The van der Waals surface area contributed by atoms with Gasteiger partial charge in [0.15, 0.2) is 0 Å². The van der Waals surface area contributed by atoms with Gasteiger partial charge in [0.25, 0.3) is 0 Å². The molecule has 0 fully saturated rings. The Hall–Kier alpha value is -0.580. The molecule has 0 unspecified atom stereocenters. The molecule has 0 aliphatic heterocycles. The van der Waals surface area contributed by atoms with Crippen LogP contribution in [0.5, 0.6) is 0 Å². The van der Waals surface area contributed by atoms with Crippen molar-refractivity contribution < 1.29 is 39.2 Å². The number of alkyl halides is 6. The molecule has 0 spiro atoms. The summed E-state index contributed by atoms with van der Waals surface area (Å²) in [7, 11) is -6.61. The second-order valence-electron chi connectivity index (χ2n) is 1.98. The Balaban J connectivity index is 5.37. The van der Waals surface area contributed by atoms with Crippen LogP contribution in [0.1, 0.15) is 0 Å². The van der Waals surface area contributed by atoms with E-state index in [1.165, 1.54) is 0 Å². The van der Waals surface area contributed by atoms with E-state index in [0.29, 0.717) is 4.94 Å². The lowest BCUT2D eigenvalue weighted by molar-refractivity contribution is -0.226. The first-order chi connectivity index (χ1) is 6.00. The summed E-state index contributed by atoms with van der Waals surface area (Å²) in [5, 5.41) is -6.29. The summed E-state index contributed by atoms with van der Waals surface area (Å²) in [5.74, 6) is -6.21. The van der Waals surface area contributed by atoms with Crippen LogP contribution in [-0.4, -0.2) is 26.0 Å². The van der Waals surface area contributed by atoms with Crippen LogP contribution in [0.2, 0.25) is 0 Å². The Bertz CT molecular complexity index is 298. The molecule has 0 atom stereocenters. The summed E-state index contributed by atoms with van der Waals surface area (Å²) >= 11 is 0. The zero-order chi connectivity index (χ0) is 11.8. The van der Waals surface area contributed by atoms with Gasteiger partial charge in [-0.25, -0.2) is 17.2 Å². The maximum absolute atomic E-state index is 12.1. The van der Waals surface area contributed by atoms with Crippen molar-refractivity contribution >= 4 is 10.0 Å². The summed E-state index contributed by atoms with van der Waals surface area (Å²) in [6.07, 6.45) is -4.96. The number of nitrogens with zero attached hydrogens (tertiary/aromatic N) is 1. The Labute approximate surface area is 72.9 Å². The van der Waals surface area contributed by atoms with Crippen molar-refractivity contribution in [3.05, 3.63) is 0 Å². The highest BCUT2D eigenvalue weighted by molar-refractivity contribution is 7.90. The smallest absolute Gasteiger partial charge is 0.203 e. The summed E-state index contributed by atoms with van der Waals surface area (Å²) < 4.78 is 101. The standard InChI is InChI=1S/C3HF7NO2S/c4-1(5)2(6,7)3(8,9)14(12,13)11-10/h1H. The number of halogens is 7. The van der Waals surface area contributed by atoms with Crippen LogP contribution >= 0.6 is 0 Å². The van der Waals surface area contributed by atoms with Gasteiger partial charge in [-0.2, -0.15) is 17.6 Å². The van der Waals surface area contributed by atoms with Crippen LogP contribution in [0.3, 0.4) is 0 Å². The normalized spacial score (nSPS) is 14.9. The summed E-state index contributed by atoms with van der Waals surface area (Å²) in [4.78, 5) is 0.450. The Morgan fingerprint density at radius 2 is 1.43 bits per heavy atom. The van der Waals surface area contributed by atoms with E-state index in [0.717, 1.165) is 0 Å². The van der Waals surface area contributed by atoms with Gasteiger partial charge in [-0.15, -0.1) is 0 Å². The first-order valence-electron chi connectivity index (χ1n) is 2.62. The van der Waals surface area contributed by atoms with Crippen LogP contribution < -0.4 is 4.94 Å². The fraction of sp³-hybridized carbons (Fsp3) is 1.00. The fourth-order valence-corrected chi connectivity index (χ4v) is 0.862. The highest BCUT2D eigenvalue weighted by Crippen LogP contribution is 2.42. The lowest BCUT2D eigenvalue weighted by atomic mass is 10.4. The van der Waals surface area contributed by atoms with Crippen molar-refractivity contribution in [1.29, 1.82) is 0 Å². The molecule has 11 heteroatoms. The SMILES string of the molecule is O=S(=O)([N]F)C(F)(F)C(F)(F)C(F)F. The highest BCUT2D eigenvalue weighted by Gasteiger charge is 2.71. The van der Waals surface area contributed by atoms with Crippen LogP contribution in [0.25, 0.3) is 0 Å². The molecule has 85 valence electrons. The molecule has 0 aliphatic carbocycles. The molecule has 0 bridgehead atoms. The minimum Gasteiger partial charge on any atom is -0.203 e. The molecule has 1 radical (unpaired) electrons. The highest BCUT2D eigenvalue weighted by atomic mass is 32.2. The maximum atomic E-state index is 12.1. The van der Waals surface area contributed by atoms with Crippen LogP contribution in [0, 0.1) is 0 Å². The fourth-order valence-electron chi connectivity index (χ4n) is 0.342. The molecule has 0 N–H and O–H groups in total. The van der Waals surface area contributed by atoms with Gasteiger partial charge in [-0.3, -0.25) is 0 Å². The first kappa shape index (κ1) is 13.4. The van der Waals surface area contributed by atoms with Crippen molar-refractivity contribution in [2.75, 3.05) is 0 Å². The van der Waals surface area contributed by atoms with Crippen molar-refractivity contribution in [2.45, 2.75) is 17.6 Å². The van der Waals surface area contributed by atoms with E-state index >= 15 is 0 Å². The van der Waals surface area contributed by atoms with Gasteiger partial charge in [0.05, 0.1) is 4.94 Å². The zero-order valence-electron chi connectivity index (χ0n) is 5.90. The molecule has 0 saturated carbocycles. The van der Waals surface area contributed by atoms with Gasteiger partial charge in [-0.1, -0.05) is 4.48 Å². The lowest BCUT2D eigenvalue weighted by Crippen LogP contribution is -2.52. The van der Waals surface area contributed by atoms with E-state index in [1.807, 2.05) is 0 Å². The Morgan fingerprint density at radius 1 is 1.07 bits per heavy atom. The molecule has 14 heavy (non-hydrogen) atoms. The molecule has 0 amide bonds. The zero-order valence-corrected chi connectivity index (χ0v) is 6.71.